The fourth-order valence-electron chi connectivity index (χ4n) is 3.80. The second-order valence-electron chi connectivity index (χ2n) is 6.96. The summed E-state index contributed by atoms with van der Waals surface area (Å²) in [5, 5.41) is 9.75. The number of fused-ring (bicyclic) bond motifs is 2. The summed E-state index contributed by atoms with van der Waals surface area (Å²) in [6.45, 7) is 4.04. The first-order valence-electron chi connectivity index (χ1n) is 9.51. The molecule has 0 bridgehead atoms. The van der Waals surface area contributed by atoms with Gasteiger partial charge in [-0.2, -0.15) is 5.26 Å². The molecule has 0 saturated heterocycles. The lowest BCUT2D eigenvalue weighted by Crippen LogP contribution is -2.36. The van der Waals surface area contributed by atoms with Crippen LogP contribution in [0.5, 0.6) is 11.5 Å². The highest BCUT2D eigenvalue weighted by atomic mass is 16.6. The number of rotatable bonds is 3. The van der Waals surface area contributed by atoms with Crippen molar-refractivity contribution in [2.75, 3.05) is 25.5 Å². The first-order valence-corrected chi connectivity index (χ1v) is 9.51. The van der Waals surface area contributed by atoms with E-state index in [1.807, 2.05) is 30.0 Å². The zero-order chi connectivity index (χ0) is 19.7. The molecule has 1 amide bonds. The molecule has 2 aliphatic rings. The Labute approximate surface area is 163 Å². The molecule has 0 spiro atoms. The summed E-state index contributed by atoms with van der Waals surface area (Å²) in [5.74, 6) is 1.67. The highest BCUT2D eigenvalue weighted by Gasteiger charge is 2.28. The number of carbonyl (C=O) groups is 1. The minimum Gasteiger partial charge on any atom is -0.486 e. The van der Waals surface area contributed by atoms with Crippen molar-refractivity contribution in [3.63, 3.8) is 0 Å². The lowest BCUT2D eigenvalue weighted by atomic mass is 9.90. The van der Waals surface area contributed by atoms with E-state index in [2.05, 4.69) is 11.1 Å². The second kappa shape index (κ2) is 7.39. The largest absolute Gasteiger partial charge is 0.486 e. The Balaban J connectivity index is 1.84. The van der Waals surface area contributed by atoms with Gasteiger partial charge in [-0.05, 0) is 24.1 Å². The number of nitrogens with zero attached hydrogens (tertiary/aromatic N) is 3. The monoisotopic (exact) mass is 378 g/mol. The third kappa shape index (κ3) is 3.11. The molecule has 7 heteroatoms. The maximum absolute atomic E-state index is 12.4. The molecule has 2 aliphatic heterocycles. The minimum absolute atomic E-state index is 0.122. The van der Waals surface area contributed by atoms with Crippen molar-refractivity contribution in [3.8, 4) is 28.7 Å². The van der Waals surface area contributed by atoms with Crippen LogP contribution in [0.1, 0.15) is 36.6 Å². The Morgan fingerprint density at radius 1 is 1.32 bits per heavy atom. The number of nitrogen functional groups attached to an aromatic ring is 1. The van der Waals surface area contributed by atoms with Gasteiger partial charge in [0.05, 0.1) is 5.69 Å². The van der Waals surface area contributed by atoms with Crippen molar-refractivity contribution in [1.29, 1.82) is 5.26 Å². The summed E-state index contributed by atoms with van der Waals surface area (Å²) in [7, 11) is 0. The minimum atomic E-state index is 0.122. The van der Waals surface area contributed by atoms with Crippen LogP contribution < -0.4 is 15.2 Å². The van der Waals surface area contributed by atoms with Crippen LogP contribution in [-0.2, 0) is 17.8 Å². The van der Waals surface area contributed by atoms with Gasteiger partial charge in [-0.3, -0.25) is 4.79 Å². The Kier molecular flexibility index (Phi) is 4.78. The maximum atomic E-state index is 12.4. The number of anilines is 1. The number of pyridine rings is 1. The zero-order valence-corrected chi connectivity index (χ0v) is 15.8. The zero-order valence-electron chi connectivity index (χ0n) is 15.8. The van der Waals surface area contributed by atoms with Crippen molar-refractivity contribution < 1.29 is 14.3 Å². The van der Waals surface area contributed by atoms with E-state index in [0.717, 1.165) is 28.8 Å². The maximum Gasteiger partial charge on any atom is 0.222 e. The molecule has 4 rings (SSSR count). The Morgan fingerprint density at radius 2 is 2.11 bits per heavy atom. The lowest BCUT2D eigenvalue weighted by Gasteiger charge is -2.31. The number of nitrogens with two attached hydrogens (primary N) is 1. The first-order chi connectivity index (χ1) is 13.6. The van der Waals surface area contributed by atoms with E-state index >= 15 is 0 Å². The van der Waals surface area contributed by atoms with Gasteiger partial charge >= 0.3 is 0 Å². The number of benzene rings is 1. The molecule has 3 heterocycles. The van der Waals surface area contributed by atoms with Crippen LogP contribution in [-0.4, -0.2) is 35.5 Å². The molecular weight excluding hydrogens is 356 g/mol. The average molecular weight is 378 g/mol. The summed E-state index contributed by atoms with van der Waals surface area (Å²) in [6, 6.07) is 7.81. The Bertz CT molecular complexity index is 981. The van der Waals surface area contributed by atoms with Crippen molar-refractivity contribution in [2.24, 2.45) is 0 Å². The molecule has 7 nitrogen and oxygen atoms in total. The van der Waals surface area contributed by atoms with Crippen molar-refractivity contribution in [2.45, 2.75) is 32.7 Å². The number of aromatic nitrogens is 1. The van der Waals surface area contributed by atoms with E-state index in [1.54, 1.807) is 0 Å². The average Bonchev–Trinajstić information content (AvgIpc) is 2.72. The molecule has 0 aliphatic carbocycles. The van der Waals surface area contributed by atoms with Gasteiger partial charge < -0.3 is 20.1 Å². The summed E-state index contributed by atoms with van der Waals surface area (Å²) in [5.41, 5.74) is 9.72. The number of ether oxygens (including phenoxy) is 2. The Morgan fingerprint density at radius 3 is 2.86 bits per heavy atom. The van der Waals surface area contributed by atoms with Gasteiger partial charge in [0.15, 0.2) is 11.5 Å². The molecule has 28 heavy (non-hydrogen) atoms. The van der Waals surface area contributed by atoms with Gasteiger partial charge in [-0.1, -0.05) is 13.0 Å². The second-order valence-corrected chi connectivity index (χ2v) is 6.96. The van der Waals surface area contributed by atoms with E-state index in [4.69, 9.17) is 15.2 Å². The van der Waals surface area contributed by atoms with Crippen LogP contribution >= 0.6 is 0 Å². The molecule has 1 aromatic carbocycles. The smallest absolute Gasteiger partial charge is 0.222 e. The molecule has 0 unspecified atom stereocenters. The first kappa shape index (κ1) is 18.1. The van der Waals surface area contributed by atoms with Gasteiger partial charge in [0.25, 0.3) is 0 Å². The normalized spacial score (nSPS) is 14.9. The third-order valence-corrected chi connectivity index (χ3v) is 5.14. The molecule has 2 N–H and O–H groups in total. The number of nitriles is 1. The van der Waals surface area contributed by atoms with E-state index < -0.39 is 0 Å². The molecule has 2 aromatic rings. The molecule has 0 saturated carbocycles. The number of carbonyl (C=O) groups excluding carboxylic acids is 1. The van der Waals surface area contributed by atoms with Crippen LogP contribution in [0.15, 0.2) is 18.2 Å². The van der Waals surface area contributed by atoms with E-state index in [0.29, 0.717) is 56.2 Å². The van der Waals surface area contributed by atoms with Crippen molar-refractivity contribution >= 4 is 11.7 Å². The van der Waals surface area contributed by atoms with Crippen LogP contribution in [0.2, 0.25) is 0 Å². The number of amides is 1. The van der Waals surface area contributed by atoms with E-state index in [1.165, 1.54) is 0 Å². The SMILES string of the molecule is CCCC(=O)N1CCc2nc(N)c(C#N)c(-c3ccc4c(c3)OCCO4)c2C1. The van der Waals surface area contributed by atoms with Crippen LogP contribution in [0.3, 0.4) is 0 Å². The van der Waals surface area contributed by atoms with Gasteiger partial charge in [-0.15, -0.1) is 0 Å². The van der Waals surface area contributed by atoms with Crippen molar-refractivity contribution in [1.82, 2.24) is 9.88 Å². The summed E-state index contributed by atoms with van der Waals surface area (Å²) >= 11 is 0. The number of hydrogen-bond acceptors (Lipinski definition) is 6. The van der Waals surface area contributed by atoms with Crippen LogP contribution in [0, 0.1) is 11.3 Å². The van der Waals surface area contributed by atoms with Gasteiger partial charge in [0.1, 0.15) is 30.7 Å². The predicted octanol–water partition coefficient (Wildman–Crippen LogP) is 2.66. The van der Waals surface area contributed by atoms with Crippen molar-refractivity contribution in [3.05, 3.63) is 35.0 Å². The van der Waals surface area contributed by atoms with Crippen LogP contribution in [0.4, 0.5) is 5.82 Å². The fourth-order valence-corrected chi connectivity index (χ4v) is 3.80. The fraction of sp³-hybridized carbons (Fsp3) is 0.381. The quantitative estimate of drug-likeness (QED) is 0.881. The predicted molar refractivity (Wildman–Crippen MR) is 104 cm³/mol. The van der Waals surface area contributed by atoms with Gasteiger partial charge in [0, 0.05) is 37.1 Å². The highest BCUT2D eigenvalue weighted by molar-refractivity contribution is 5.82. The van der Waals surface area contributed by atoms with Gasteiger partial charge in [-0.25, -0.2) is 4.98 Å². The molecule has 0 fully saturated rings. The summed E-state index contributed by atoms with van der Waals surface area (Å²) < 4.78 is 11.3. The summed E-state index contributed by atoms with van der Waals surface area (Å²) in [4.78, 5) is 18.7. The standard InChI is InChI=1S/C21H22N4O3/c1-2-3-19(26)25-7-6-16-15(12-25)20(14(11-22)21(23)24-16)13-4-5-17-18(10-13)28-9-8-27-17/h4-5,10H,2-3,6-9,12H2,1H3,(H2,23,24). The molecule has 0 radical (unpaired) electrons. The molecule has 1 aromatic heterocycles. The molecule has 144 valence electrons. The summed E-state index contributed by atoms with van der Waals surface area (Å²) in [6.07, 6.45) is 1.95. The van der Waals surface area contributed by atoms with Crippen LogP contribution in [0.25, 0.3) is 11.1 Å². The van der Waals surface area contributed by atoms with E-state index in [-0.39, 0.29) is 11.7 Å². The third-order valence-electron chi connectivity index (χ3n) is 5.14. The van der Waals surface area contributed by atoms with Gasteiger partial charge in [0.2, 0.25) is 5.91 Å². The molecular formula is C21H22N4O3. The van der Waals surface area contributed by atoms with E-state index in [9.17, 15) is 10.1 Å². The topological polar surface area (TPSA) is 101 Å². The Hall–Kier alpha value is -3.27. The molecule has 0 atom stereocenters. The highest BCUT2D eigenvalue weighted by Crippen LogP contribution is 2.40. The lowest BCUT2D eigenvalue weighted by molar-refractivity contribution is -0.132. The number of hydrogen-bond donors (Lipinski definition) is 1.